The molecule has 0 radical (unpaired) electrons. The number of furan rings is 1. The number of rotatable bonds is 8. The van der Waals surface area contributed by atoms with Crippen LogP contribution in [-0.4, -0.2) is 27.9 Å². The Balaban J connectivity index is 1.48. The fourth-order valence-electron chi connectivity index (χ4n) is 4.51. The first-order valence-corrected chi connectivity index (χ1v) is 12.7. The number of nitrogens with zero attached hydrogens (tertiary/aromatic N) is 4. The van der Waals surface area contributed by atoms with Gasteiger partial charge in [0.25, 0.3) is 5.56 Å². The van der Waals surface area contributed by atoms with Crippen LogP contribution in [0, 0.1) is 15.9 Å². The number of nitro benzene ring substituents is 1. The van der Waals surface area contributed by atoms with E-state index in [1.165, 1.54) is 42.6 Å². The maximum Gasteiger partial charge on any atom is 0.311 e. The molecule has 4 aromatic carbocycles. The summed E-state index contributed by atoms with van der Waals surface area (Å²) in [6.07, 6.45) is 1.29. The van der Waals surface area contributed by atoms with Gasteiger partial charge in [-0.1, -0.05) is 36.4 Å². The van der Waals surface area contributed by atoms with Gasteiger partial charge in [0.2, 0.25) is 11.6 Å². The topological polar surface area (TPSA) is 122 Å². The molecule has 0 unspecified atom stereocenters. The van der Waals surface area contributed by atoms with Gasteiger partial charge in [-0.3, -0.25) is 14.9 Å². The Kier molecular flexibility index (Phi) is 6.89. The normalized spacial score (nSPS) is 11.4. The van der Waals surface area contributed by atoms with Gasteiger partial charge in [-0.2, -0.15) is 9.78 Å². The van der Waals surface area contributed by atoms with Crippen LogP contribution in [0.25, 0.3) is 33.5 Å². The minimum absolute atomic E-state index is 0.0600. The van der Waals surface area contributed by atoms with Gasteiger partial charge in [-0.25, -0.2) is 9.37 Å². The van der Waals surface area contributed by atoms with Crippen LogP contribution in [0.3, 0.4) is 0 Å². The Morgan fingerprint density at radius 3 is 2.60 bits per heavy atom. The molecule has 6 aromatic rings. The van der Waals surface area contributed by atoms with Crippen molar-refractivity contribution in [1.82, 2.24) is 9.66 Å². The van der Waals surface area contributed by atoms with E-state index in [0.29, 0.717) is 33.2 Å². The Bertz CT molecular complexity index is 2050. The minimum Gasteiger partial charge on any atom is -0.496 e. The summed E-state index contributed by atoms with van der Waals surface area (Å²) in [5.74, 6) is 0.492. The number of benzene rings is 4. The molecule has 0 aliphatic carbocycles. The van der Waals surface area contributed by atoms with E-state index in [-0.39, 0.29) is 35.2 Å². The molecule has 0 saturated heterocycles. The molecule has 0 spiro atoms. The second-order valence-corrected chi connectivity index (χ2v) is 9.16. The number of aromatic nitrogens is 2. The van der Waals surface area contributed by atoms with Gasteiger partial charge in [-0.05, 0) is 54.1 Å². The highest BCUT2D eigenvalue weighted by molar-refractivity contribution is 5.89. The van der Waals surface area contributed by atoms with Gasteiger partial charge < -0.3 is 13.9 Å². The lowest BCUT2D eigenvalue weighted by molar-refractivity contribution is -0.385. The molecule has 0 aliphatic rings. The first-order chi connectivity index (χ1) is 20.4. The average molecular weight is 565 g/mol. The number of methoxy groups -OCH3 is 1. The van der Waals surface area contributed by atoms with E-state index in [4.69, 9.17) is 13.9 Å². The first-order valence-electron chi connectivity index (χ1n) is 12.7. The number of hydrogen-bond acceptors (Lipinski definition) is 8. The van der Waals surface area contributed by atoms with Gasteiger partial charge >= 0.3 is 5.69 Å². The predicted octanol–water partition coefficient (Wildman–Crippen LogP) is 6.33. The predicted molar refractivity (Wildman–Crippen MR) is 155 cm³/mol. The summed E-state index contributed by atoms with van der Waals surface area (Å²) in [4.78, 5) is 29.6. The third-order valence-electron chi connectivity index (χ3n) is 6.55. The quantitative estimate of drug-likeness (QED) is 0.120. The fourth-order valence-corrected chi connectivity index (χ4v) is 4.51. The lowest BCUT2D eigenvalue weighted by atomic mass is 10.2. The molecule has 0 aliphatic heterocycles. The number of ether oxygens (including phenoxy) is 2. The summed E-state index contributed by atoms with van der Waals surface area (Å²) < 4.78 is 31.7. The van der Waals surface area contributed by atoms with E-state index in [0.717, 1.165) is 4.68 Å². The smallest absolute Gasteiger partial charge is 0.311 e. The van der Waals surface area contributed by atoms with Gasteiger partial charge in [0.15, 0.2) is 5.76 Å². The summed E-state index contributed by atoms with van der Waals surface area (Å²) in [6, 6.07) is 23.8. The van der Waals surface area contributed by atoms with Crippen LogP contribution in [0.2, 0.25) is 0 Å². The maximum atomic E-state index is 13.7. The molecular formula is C31H21FN4O6. The van der Waals surface area contributed by atoms with E-state index >= 15 is 0 Å². The van der Waals surface area contributed by atoms with Crippen LogP contribution in [-0.2, 0) is 6.61 Å². The summed E-state index contributed by atoms with van der Waals surface area (Å²) in [5.41, 5.74) is 1.04. The molecule has 10 nitrogen and oxygen atoms in total. The number of fused-ring (bicyclic) bond motifs is 2. The fraction of sp³-hybridized carbons (Fsp3) is 0.0645. The second kappa shape index (κ2) is 11.0. The van der Waals surface area contributed by atoms with Crippen LogP contribution in [0.5, 0.6) is 11.5 Å². The minimum atomic E-state index is -0.575. The van der Waals surface area contributed by atoms with Crippen LogP contribution in [0.15, 0.2) is 105 Å². The average Bonchev–Trinajstić information content (AvgIpc) is 3.45. The number of nitro groups is 1. The third kappa shape index (κ3) is 4.94. The Morgan fingerprint density at radius 2 is 1.81 bits per heavy atom. The van der Waals surface area contributed by atoms with Crippen molar-refractivity contribution in [3.8, 4) is 23.1 Å². The summed E-state index contributed by atoms with van der Waals surface area (Å²) in [6.45, 7) is -0.0600. The van der Waals surface area contributed by atoms with Gasteiger partial charge in [-0.15, -0.1) is 0 Å². The van der Waals surface area contributed by atoms with Crippen molar-refractivity contribution in [2.24, 2.45) is 5.10 Å². The molecule has 0 fully saturated rings. The molecule has 208 valence electrons. The van der Waals surface area contributed by atoms with Crippen LogP contribution < -0.4 is 15.0 Å². The number of para-hydroxylation sites is 2. The van der Waals surface area contributed by atoms with E-state index in [1.807, 2.05) is 0 Å². The second-order valence-electron chi connectivity index (χ2n) is 9.16. The van der Waals surface area contributed by atoms with E-state index in [1.54, 1.807) is 61.7 Å². The molecule has 0 atom stereocenters. The zero-order valence-electron chi connectivity index (χ0n) is 22.1. The first kappa shape index (κ1) is 26.4. The highest BCUT2D eigenvalue weighted by Crippen LogP contribution is 2.34. The van der Waals surface area contributed by atoms with Crippen molar-refractivity contribution in [3.63, 3.8) is 0 Å². The molecule has 0 bridgehead atoms. The monoisotopic (exact) mass is 564 g/mol. The van der Waals surface area contributed by atoms with Gasteiger partial charge in [0, 0.05) is 11.6 Å². The number of halogens is 1. The lowest BCUT2D eigenvalue weighted by Gasteiger charge is -2.10. The van der Waals surface area contributed by atoms with Crippen molar-refractivity contribution in [3.05, 3.63) is 128 Å². The standard InChI is InChI=1S/C31H21FN4O6/c1-40-26-10-5-11-27-23(26)16-28(42-27)30-34-24-8-3-2-7-22(24)31(37)35(30)33-17-20-6-4-9-25(36(38)39)29(20)41-18-19-12-14-21(32)15-13-19/h2-17H,18H2,1H3. The van der Waals surface area contributed by atoms with Gasteiger partial charge in [0.05, 0.1) is 34.5 Å². The van der Waals surface area contributed by atoms with Crippen molar-refractivity contribution in [2.75, 3.05) is 7.11 Å². The molecule has 0 saturated carbocycles. The van der Waals surface area contributed by atoms with Crippen LogP contribution in [0.1, 0.15) is 11.1 Å². The zero-order chi connectivity index (χ0) is 29.2. The third-order valence-corrected chi connectivity index (χ3v) is 6.55. The molecule has 0 N–H and O–H groups in total. The van der Waals surface area contributed by atoms with Crippen LogP contribution in [0.4, 0.5) is 10.1 Å². The molecule has 2 aromatic heterocycles. The van der Waals surface area contributed by atoms with E-state index in [9.17, 15) is 19.3 Å². The van der Waals surface area contributed by atoms with Crippen molar-refractivity contribution in [2.45, 2.75) is 6.61 Å². The molecular weight excluding hydrogens is 543 g/mol. The SMILES string of the molecule is COc1cccc2oc(-c3nc4ccccc4c(=O)n3N=Cc3cccc([N+](=O)[O-])c3OCc3ccc(F)cc3)cc12. The molecule has 0 amide bonds. The summed E-state index contributed by atoms with van der Waals surface area (Å²) in [7, 11) is 1.55. The maximum absolute atomic E-state index is 13.7. The van der Waals surface area contributed by atoms with Crippen molar-refractivity contribution >= 4 is 33.8 Å². The highest BCUT2D eigenvalue weighted by Gasteiger charge is 2.21. The van der Waals surface area contributed by atoms with Crippen LogP contribution >= 0.6 is 0 Å². The largest absolute Gasteiger partial charge is 0.496 e. The van der Waals surface area contributed by atoms with Gasteiger partial charge in [0.1, 0.15) is 23.8 Å². The molecule has 6 rings (SSSR count). The lowest BCUT2D eigenvalue weighted by Crippen LogP contribution is -2.20. The zero-order valence-corrected chi connectivity index (χ0v) is 22.1. The van der Waals surface area contributed by atoms with Crippen molar-refractivity contribution in [1.29, 1.82) is 0 Å². The molecule has 2 heterocycles. The van der Waals surface area contributed by atoms with Crippen molar-refractivity contribution < 1.29 is 23.2 Å². The highest BCUT2D eigenvalue weighted by atomic mass is 19.1. The van der Waals surface area contributed by atoms with E-state index < -0.39 is 16.3 Å². The molecule has 42 heavy (non-hydrogen) atoms. The Hall–Kier alpha value is -5.84. The number of hydrogen-bond donors (Lipinski definition) is 0. The summed E-state index contributed by atoms with van der Waals surface area (Å²) in [5, 5.41) is 17.2. The summed E-state index contributed by atoms with van der Waals surface area (Å²) >= 11 is 0. The Morgan fingerprint density at radius 1 is 1.02 bits per heavy atom. The molecule has 11 heteroatoms. The Labute approximate surface area is 237 Å². The van der Waals surface area contributed by atoms with E-state index in [2.05, 4.69) is 10.1 Å².